The van der Waals surface area contributed by atoms with E-state index in [0.717, 1.165) is 22.3 Å². The molecule has 34 heavy (non-hydrogen) atoms. The van der Waals surface area contributed by atoms with Crippen LogP contribution in [0.5, 0.6) is 0 Å². The Labute approximate surface area is 196 Å². The van der Waals surface area contributed by atoms with Crippen molar-refractivity contribution in [2.45, 2.75) is 26.2 Å². The number of anilines is 1. The Morgan fingerprint density at radius 2 is 1.65 bits per heavy atom. The van der Waals surface area contributed by atoms with Gasteiger partial charge in [0.15, 0.2) is 0 Å². The molecule has 1 aliphatic rings. The van der Waals surface area contributed by atoms with Crippen LogP contribution in [-0.4, -0.2) is 36.2 Å². The molecule has 1 aliphatic carbocycles. The van der Waals surface area contributed by atoms with Gasteiger partial charge in [-0.05, 0) is 35.6 Å². The molecule has 0 fully saturated rings. The van der Waals surface area contributed by atoms with Crippen molar-refractivity contribution in [2.75, 3.05) is 18.5 Å². The molecular formula is C26H26N2O6. The molecule has 0 radical (unpaired) electrons. The minimum Gasteiger partial charge on any atom is -0.481 e. The summed E-state index contributed by atoms with van der Waals surface area (Å²) in [6.07, 6.45) is 0.886. The first kappa shape index (κ1) is 23.1. The average molecular weight is 463 g/mol. The van der Waals surface area contributed by atoms with Crippen LogP contribution in [0.2, 0.25) is 0 Å². The van der Waals surface area contributed by atoms with Crippen molar-refractivity contribution in [3.05, 3.63) is 77.7 Å². The molecule has 1 unspecified atom stereocenters. The lowest BCUT2D eigenvalue weighted by atomic mass is 9.88. The first-order chi connectivity index (χ1) is 16.3. The molecule has 2 amide bonds. The fourth-order valence-electron chi connectivity index (χ4n) is 4.04. The highest BCUT2D eigenvalue weighted by Gasteiger charge is 2.32. The number of hydrogen-bond acceptors (Lipinski definition) is 5. The molecule has 3 N–H and O–H groups in total. The third kappa shape index (κ3) is 4.39. The minimum absolute atomic E-state index is 0.0806. The van der Waals surface area contributed by atoms with Gasteiger partial charge in [-0.15, -0.1) is 0 Å². The van der Waals surface area contributed by atoms with Crippen molar-refractivity contribution in [3.63, 3.8) is 0 Å². The number of carbonyl (C=O) groups excluding carboxylic acids is 2. The van der Waals surface area contributed by atoms with Gasteiger partial charge in [0, 0.05) is 18.5 Å². The molecular weight excluding hydrogens is 436 g/mol. The second kappa shape index (κ2) is 9.43. The molecule has 0 saturated heterocycles. The number of carbonyl (C=O) groups is 3. The molecule has 0 bridgehead atoms. The Balaban J connectivity index is 1.39. The molecule has 1 atom stereocenters. The third-order valence-corrected chi connectivity index (χ3v) is 6.39. The normalized spacial score (nSPS) is 13.9. The molecule has 0 saturated carbocycles. The van der Waals surface area contributed by atoms with E-state index in [2.05, 4.69) is 22.8 Å². The second-order valence-electron chi connectivity index (χ2n) is 8.52. The number of carboxylic acids is 1. The molecule has 4 rings (SSSR count). The van der Waals surface area contributed by atoms with E-state index < -0.39 is 23.4 Å². The van der Waals surface area contributed by atoms with Crippen molar-refractivity contribution in [1.29, 1.82) is 0 Å². The number of aliphatic carboxylic acids is 1. The van der Waals surface area contributed by atoms with E-state index in [1.165, 1.54) is 12.3 Å². The quantitative estimate of drug-likeness (QED) is 0.440. The number of fused-ring (bicyclic) bond motifs is 3. The van der Waals surface area contributed by atoms with Gasteiger partial charge in [0.2, 0.25) is 5.76 Å². The van der Waals surface area contributed by atoms with Gasteiger partial charge in [0.25, 0.3) is 5.91 Å². The first-order valence-corrected chi connectivity index (χ1v) is 11.0. The number of furan rings is 1. The van der Waals surface area contributed by atoms with E-state index in [9.17, 15) is 19.5 Å². The van der Waals surface area contributed by atoms with Crippen LogP contribution in [0.1, 0.15) is 47.9 Å². The van der Waals surface area contributed by atoms with E-state index in [4.69, 9.17) is 9.15 Å². The van der Waals surface area contributed by atoms with Crippen LogP contribution in [-0.2, 0) is 9.53 Å². The number of ether oxygens (including phenoxy) is 1. The molecule has 0 spiro atoms. The van der Waals surface area contributed by atoms with Crippen molar-refractivity contribution in [2.24, 2.45) is 5.41 Å². The summed E-state index contributed by atoms with van der Waals surface area (Å²) >= 11 is 0. The number of nitrogens with one attached hydrogen (secondary N) is 2. The van der Waals surface area contributed by atoms with Crippen LogP contribution in [0.3, 0.4) is 0 Å². The molecule has 8 nitrogen and oxygen atoms in total. The van der Waals surface area contributed by atoms with Crippen LogP contribution in [0, 0.1) is 5.41 Å². The zero-order valence-electron chi connectivity index (χ0n) is 19.0. The van der Waals surface area contributed by atoms with Crippen LogP contribution in [0.4, 0.5) is 10.5 Å². The van der Waals surface area contributed by atoms with E-state index in [0.29, 0.717) is 6.42 Å². The van der Waals surface area contributed by atoms with Gasteiger partial charge >= 0.3 is 12.1 Å². The molecule has 176 valence electrons. The van der Waals surface area contributed by atoms with Crippen LogP contribution < -0.4 is 10.6 Å². The number of carboxylic acid groups (broad SMARTS) is 1. The molecule has 8 heteroatoms. The summed E-state index contributed by atoms with van der Waals surface area (Å²) in [6, 6.07) is 17.5. The maximum Gasteiger partial charge on any atom is 0.411 e. The van der Waals surface area contributed by atoms with E-state index >= 15 is 0 Å². The Kier molecular flexibility index (Phi) is 6.40. The van der Waals surface area contributed by atoms with Gasteiger partial charge in [0.1, 0.15) is 6.61 Å². The average Bonchev–Trinajstić information content (AvgIpc) is 3.43. The van der Waals surface area contributed by atoms with Crippen LogP contribution in [0.25, 0.3) is 11.1 Å². The highest BCUT2D eigenvalue weighted by atomic mass is 16.5. The number of benzene rings is 2. The summed E-state index contributed by atoms with van der Waals surface area (Å²) in [5, 5.41) is 14.5. The summed E-state index contributed by atoms with van der Waals surface area (Å²) in [4.78, 5) is 36.5. The van der Waals surface area contributed by atoms with E-state index in [1.807, 2.05) is 36.4 Å². The lowest BCUT2D eigenvalue weighted by Crippen LogP contribution is -2.40. The number of rotatable bonds is 8. The lowest BCUT2D eigenvalue weighted by Gasteiger charge is -2.22. The summed E-state index contributed by atoms with van der Waals surface area (Å²) in [5.41, 5.74) is 3.48. The summed E-state index contributed by atoms with van der Waals surface area (Å²) in [7, 11) is 0. The smallest absolute Gasteiger partial charge is 0.411 e. The van der Waals surface area contributed by atoms with Crippen molar-refractivity contribution < 1.29 is 28.6 Å². The van der Waals surface area contributed by atoms with E-state index in [-0.39, 0.29) is 30.5 Å². The van der Waals surface area contributed by atoms with Crippen LogP contribution in [0.15, 0.2) is 65.3 Å². The highest BCUT2D eigenvalue weighted by Crippen LogP contribution is 2.44. The first-order valence-electron chi connectivity index (χ1n) is 11.0. The number of amides is 2. The Morgan fingerprint density at radius 3 is 2.24 bits per heavy atom. The highest BCUT2D eigenvalue weighted by molar-refractivity contribution is 6.00. The van der Waals surface area contributed by atoms with Gasteiger partial charge in [-0.3, -0.25) is 14.9 Å². The topological polar surface area (TPSA) is 118 Å². The van der Waals surface area contributed by atoms with Crippen molar-refractivity contribution in [1.82, 2.24) is 5.32 Å². The van der Waals surface area contributed by atoms with Gasteiger partial charge in [0.05, 0.1) is 17.4 Å². The molecule has 0 aliphatic heterocycles. The Hall–Kier alpha value is -4.07. The second-order valence-corrected chi connectivity index (χ2v) is 8.52. The summed E-state index contributed by atoms with van der Waals surface area (Å²) in [6.45, 7) is 3.33. The summed E-state index contributed by atoms with van der Waals surface area (Å²) in [5.74, 6) is -1.85. The van der Waals surface area contributed by atoms with Gasteiger partial charge in [-0.25, -0.2) is 4.79 Å². The zero-order valence-corrected chi connectivity index (χ0v) is 19.0. The predicted octanol–water partition coefficient (Wildman–Crippen LogP) is 4.87. The molecule has 1 aromatic heterocycles. The third-order valence-electron chi connectivity index (χ3n) is 6.39. The zero-order chi connectivity index (χ0) is 24.3. The van der Waals surface area contributed by atoms with Crippen LogP contribution >= 0.6 is 0 Å². The fourth-order valence-corrected chi connectivity index (χ4v) is 4.04. The largest absolute Gasteiger partial charge is 0.481 e. The molecule has 2 aromatic carbocycles. The summed E-state index contributed by atoms with van der Waals surface area (Å²) < 4.78 is 10.7. The van der Waals surface area contributed by atoms with Crippen molar-refractivity contribution >= 4 is 23.7 Å². The lowest BCUT2D eigenvalue weighted by molar-refractivity contribution is -0.147. The Morgan fingerprint density at radius 1 is 1.03 bits per heavy atom. The van der Waals surface area contributed by atoms with Gasteiger partial charge < -0.3 is 19.6 Å². The van der Waals surface area contributed by atoms with Gasteiger partial charge in [-0.2, -0.15) is 0 Å². The minimum atomic E-state index is -1.11. The maximum absolute atomic E-state index is 12.5. The SMILES string of the molecule is CCC(C)(CNC(=O)c1occc1NC(=O)OCC1c2ccccc2-c2ccccc21)C(=O)O. The fraction of sp³-hybridized carbons (Fsp3) is 0.269. The number of hydrogen-bond donors (Lipinski definition) is 3. The monoisotopic (exact) mass is 462 g/mol. The van der Waals surface area contributed by atoms with Crippen molar-refractivity contribution in [3.8, 4) is 11.1 Å². The Bertz CT molecular complexity index is 1190. The molecule has 3 aromatic rings. The molecule has 1 heterocycles. The standard InChI is InChI=1S/C26H26N2O6/c1-3-26(2,24(30)31)15-27-23(29)22-21(12-13-33-22)28-25(32)34-14-20-18-10-6-4-8-16(18)17-9-5-7-11-19(17)20/h4-13,20H,3,14-15H2,1-2H3,(H,27,29)(H,28,32)(H,30,31). The van der Waals surface area contributed by atoms with E-state index in [1.54, 1.807) is 13.8 Å². The predicted molar refractivity (Wildman–Crippen MR) is 126 cm³/mol. The van der Waals surface area contributed by atoms with Gasteiger partial charge in [-0.1, -0.05) is 55.5 Å². The maximum atomic E-state index is 12.5.